The van der Waals surface area contributed by atoms with E-state index in [2.05, 4.69) is 11.8 Å². The summed E-state index contributed by atoms with van der Waals surface area (Å²) >= 11 is 0. The van der Waals surface area contributed by atoms with Crippen molar-refractivity contribution >= 4 is 11.6 Å². The van der Waals surface area contributed by atoms with Gasteiger partial charge in [0.1, 0.15) is 11.9 Å². The van der Waals surface area contributed by atoms with E-state index in [1.165, 1.54) is 25.1 Å². The van der Waals surface area contributed by atoms with Gasteiger partial charge in [0, 0.05) is 25.6 Å². The number of hydrogen-bond acceptors (Lipinski definition) is 6. The molecule has 2 aromatic rings. The first kappa shape index (κ1) is 25.3. The van der Waals surface area contributed by atoms with Crippen molar-refractivity contribution in [3.05, 3.63) is 69.8 Å². The highest BCUT2D eigenvalue weighted by molar-refractivity contribution is 5.76. The van der Waals surface area contributed by atoms with E-state index in [4.69, 9.17) is 9.99 Å². The summed E-state index contributed by atoms with van der Waals surface area (Å²) in [5.41, 5.74) is 1.17. The predicted molar refractivity (Wildman–Crippen MR) is 121 cm³/mol. The van der Waals surface area contributed by atoms with Crippen LogP contribution in [0, 0.1) is 10.1 Å². The van der Waals surface area contributed by atoms with Gasteiger partial charge in [-0.3, -0.25) is 20.2 Å². The lowest BCUT2D eigenvalue weighted by atomic mass is 10.1. The van der Waals surface area contributed by atoms with Crippen LogP contribution in [0.5, 0.6) is 5.75 Å². The molecule has 0 radical (unpaired) electrons. The minimum absolute atomic E-state index is 0.0836. The largest absolute Gasteiger partial charge is 0.494 e. The van der Waals surface area contributed by atoms with Crippen LogP contribution in [0.25, 0.3) is 0 Å². The summed E-state index contributed by atoms with van der Waals surface area (Å²) in [5.74, 6) is 0.506. The zero-order chi connectivity index (χ0) is 23.3. The van der Waals surface area contributed by atoms with Gasteiger partial charge in [-0.15, -0.1) is 0 Å². The maximum Gasteiger partial charge on any atom is 0.275 e. The molecule has 2 rings (SSSR count). The highest BCUT2D eigenvalue weighted by atomic mass is 17.1. The molecule has 2 aromatic carbocycles. The number of nitro groups is 1. The first-order chi connectivity index (χ1) is 15.5. The van der Waals surface area contributed by atoms with Gasteiger partial charge in [0.05, 0.1) is 17.1 Å². The summed E-state index contributed by atoms with van der Waals surface area (Å²) in [5, 5.41) is 20.1. The molecule has 0 saturated carbocycles. The van der Waals surface area contributed by atoms with Crippen LogP contribution in [-0.4, -0.2) is 34.1 Å². The molecule has 0 aromatic heterocycles. The zero-order valence-corrected chi connectivity index (χ0v) is 18.7. The fraction of sp³-hybridized carbons (Fsp3) is 0.458. The van der Waals surface area contributed by atoms with E-state index in [9.17, 15) is 14.9 Å². The monoisotopic (exact) mass is 444 g/mol. The molecule has 0 aliphatic rings. The Morgan fingerprint density at radius 2 is 1.91 bits per heavy atom. The Morgan fingerprint density at radius 1 is 1.16 bits per heavy atom. The molecule has 0 heterocycles. The lowest BCUT2D eigenvalue weighted by Crippen LogP contribution is -2.31. The summed E-state index contributed by atoms with van der Waals surface area (Å²) < 4.78 is 5.69. The number of amides is 1. The maximum atomic E-state index is 12.8. The topological polar surface area (TPSA) is 102 Å². The van der Waals surface area contributed by atoms with Crippen molar-refractivity contribution in [2.45, 2.75) is 58.6 Å². The van der Waals surface area contributed by atoms with Gasteiger partial charge >= 0.3 is 0 Å². The van der Waals surface area contributed by atoms with Gasteiger partial charge in [-0.25, -0.2) is 4.89 Å². The quantitative estimate of drug-likeness (QED) is 0.178. The lowest BCUT2D eigenvalue weighted by Gasteiger charge is -2.23. The highest BCUT2D eigenvalue weighted by Crippen LogP contribution is 2.30. The fourth-order valence-corrected chi connectivity index (χ4v) is 3.39. The van der Waals surface area contributed by atoms with Crippen LogP contribution in [0.3, 0.4) is 0 Å². The van der Waals surface area contributed by atoms with E-state index < -0.39 is 11.0 Å². The normalized spacial score (nSPS) is 11.7. The van der Waals surface area contributed by atoms with Crippen molar-refractivity contribution in [3.63, 3.8) is 0 Å². The first-order valence-corrected chi connectivity index (χ1v) is 11.0. The molecule has 0 aliphatic carbocycles. The van der Waals surface area contributed by atoms with Crippen LogP contribution >= 0.6 is 0 Å². The highest BCUT2D eigenvalue weighted by Gasteiger charge is 2.21. The second kappa shape index (κ2) is 13.4. The number of hydrogen-bond donors (Lipinski definition) is 1. The van der Waals surface area contributed by atoms with Crippen molar-refractivity contribution < 1.29 is 24.6 Å². The van der Waals surface area contributed by atoms with Crippen molar-refractivity contribution in [3.8, 4) is 5.75 Å². The van der Waals surface area contributed by atoms with Crippen molar-refractivity contribution in [1.82, 2.24) is 4.90 Å². The van der Waals surface area contributed by atoms with Crippen molar-refractivity contribution in [2.75, 3.05) is 13.2 Å². The van der Waals surface area contributed by atoms with Gasteiger partial charge in [-0.1, -0.05) is 50.1 Å². The molecule has 0 spiro atoms. The number of carbonyl (C=O) groups is 1. The number of rotatable bonds is 14. The lowest BCUT2D eigenvalue weighted by molar-refractivity contribution is -0.387. The average Bonchev–Trinajstić information content (AvgIpc) is 2.81. The fourth-order valence-electron chi connectivity index (χ4n) is 3.39. The minimum Gasteiger partial charge on any atom is -0.494 e. The molecular weight excluding hydrogens is 412 g/mol. The molecule has 8 heteroatoms. The molecule has 1 amide bonds. The first-order valence-electron chi connectivity index (χ1n) is 11.0. The Balaban J connectivity index is 1.91. The van der Waals surface area contributed by atoms with Gasteiger partial charge in [0.25, 0.3) is 5.69 Å². The van der Waals surface area contributed by atoms with Crippen LogP contribution in [0.1, 0.15) is 63.2 Å². The van der Waals surface area contributed by atoms with E-state index in [0.29, 0.717) is 31.7 Å². The number of unbranched alkanes of at least 4 members (excludes halogenated alkanes) is 2. The zero-order valence-electron chi connectivity index (χ0n) is 18.7. The number of ether oxygens (including phenoxy) is 1. The Labute approximate surface area is 188 Å². The van der Waals surface area contributed by atoms with Gasteiger partial charge in [0.2, 0.25) is 5.91 Å². The summed E-state index contributed by atoms with van der Waals surface area (Å²) in [6.45, 7) is 5.26. The summed E-state index contributed by atoms with van der Waals surface area (Å²) in [6, 6.07) is 14.2. The van der Waals surface area contributed by atoms with Crippen LogP contribution in [0.15, 0.2) is 48.5 Å². The number of benzene rings is 2. The van der Waals surface area contributed by atoms with E-state index in [0.717, 1.165) is 31.4 Å². The SMILES string of the molecule is CCCCCN(Cc1ccccc1)C(=O)CCCOc1ccc([N+](=O)[O-])c(C(C)OO)c1. The third kappa shape index (κ3) is 7.94. The van der Waals surface area contributed by atoms with Gasteiger partial charge < -0.3 is 9.64 Å². The molecular formula is C24H32N2O6. The number of nitrogens with zero attached hydrogens (tertiary/aromatic N) is 2. The summed E-state index contributed by atoms with van der Waals surface area (Å²) in [6.07, 6.45) is 3.17. The van der Waals surface area contributed by atoms with E-state index in [-0.39, 0.29) is 17.2 Å². The van der Waals surface area contributed by atoms with E-state index in [1.54, 1.807) is 0 Å². The molecule has 0 aliphatic heterocycles. The molecule has 32 heavy (non-hydrogen) atoms. The molecule has 174 valence electrons. The van der Waals surface area contributed by atoms with Gasteiger partial charge in [-0.2, -0.15) is 0 Å². The Hall–Kier alpha value is -2.97. The third-order valence-electron chi connectivity index (χ3n) is 5.20. The standard InChI is InChI=1S/C24H32N2O6/c1-3-4-8-15-25(18-20-10-6-5-7-11-20)24(27)12-9-16-31-21-13-14-23(26(28)29)22(17-21)19(2)32-30/h5-7,10-11,13-14,17,19,30H,3-4,8-9,12,15-16,18H2,1-2H3. The Kier molecular flexibility index (Phi) is 10.6. The van der Waals surface area contributed by atoms with Crippen molar-refractivity contribution in [1.29, 1.82) is 0 Å². The number of carbonyl (C=O) groups excluding carboxylic acids is 1. The molecule has 0 fully saturated rings. The van der Waals surface area contributed by atoms with E-state index in [1.807, 2.05) is 35.2 Å². The third-order valence-corrected chi connectivity index (χ3v) is 5.20. The van der Waals surface area contributed by atoms with Gasteiger partial charge in [0.15, 0.2) is 0 Å². The van der Waals surface area contributed by atoms with Crippen LogP contribution in [0.4, 0.5) is 5.69 Å². The average molecular weight is 445 g/mol. The molecule has 1 N–H and O–H groups in total. The van der Waals surface area contributed by atoms with Crippen LogP contribution in [0.2, 0.25) is 0 Å². The molecule has 8 nitrogen and oxygen atoms in total. The predicted octanol–water partition coefficient (Wildman–Crippen LogP) is 5.52. The Morgan fingerprint density at radius 3 is 2.56 bits per heavy atom. The van der Waals surface area contributed by atoms with E-state index >= 15 is 0 Å². The molecule has 1 atom stereocenters. The molecule has 1 unspecified atom stereocenters. The van der Waals surface area contributed by atoms with Crippen LogP contribution < -0.4 is 4.74 Å². The molecule has 0 bridgehead atoms. The minimum atomic E-state index is -0.866. The molecule has 0 saturated heterocycles. The smallest absolute Gasteiger partial charge is 0.275 e. The van der Waals surface area contributed by atoms with Crippen molar-refractivity contribution in [2.24, 2.45) is 0 Å². The van der Waals surface area contributed by atoms with Gasteiger partial charge in [-0.05, 0) is 37.5 Å². The summed E-state index contributed by atoms with van der Waals surface area (Å²) in [7, 11) is 0. The second-order valence-corrected chi connectivity index (χ2v) is 7.69. The Bertz CT molecular complexity index is 859. The second-order valence-electron chi connectivity index (χ2n) is 7.69. The maximum absolute atomic E-state index is 12.8. The van der Waals surface area contributed by atoms with Crippen LogP contribution in [-0.2, 0) is 16.2 Å². The number of nitro benzene ring substituents is 1. The summed E-state index contributed by atoms with van der Waals surface area (Å²) in [4.78, 5) is 29.6.